The standard InChI is InChI=1S/C18H28N2O2/c1-10(2)15-16(14(6)21)13(5)19-17(15)18(22)20-8-7-11(3)12(4)9-20/h10-12,19H,7-9H2,1-6H3/t11-,12+/m1/s1. The molecule has 122 valence electrons. The third kappa shape index (κ3) is 2.96. The molecule has 0 spiro atoms. The molecule has 0 saturated carbocycles. The van der Waals surface area contributed by atoms with Crippen LogP contribution >= 0.6 is 0 Å². The summed E-state index contributed by atoms with van der Waals surface area (Å²) in [6, 6.07) is 0. The zero-order chi connectivity index (χ0) is 16.6. The number of hydrogen-bond acceptors (Lipinski definition) is 2. The molecule has 0 aliphatic carbocycles. The second-order valence-corrected chi connectivity index (χ2v) is 7.12. The van der Waals surface area contributed by atoms with E-state index in [4.69, 9.17) is 0 Å². The van der Waals surface area contributed by atoms with Gasteiger partial charge in [-0.2, -0.15) is 0 Å². The van der Waals surface area contributed by atoms with E-state index in [-0.39, 0.29) is 17.6 Å². The number of amides is 1. The van der Waals surface area contributed by atoms with Crippen molar-refractivity contribution >= 4 is 11.7 Å². The van der Waals surface area contributed by atoms with Crippen molar-refractivity contribution in [2.75, 3.05) is 13.1 Å². The molecule has 2 rings (SSSR count). The molecular formula is C18H28N2O2. The van der Waals surface area contributed by atoms with Gasteiger partial charge in [0, 0.05) is 24.3 Å². The molecule has 4 heteroatoms. The average Bonchev–Trinajstić information content (AvgIpc) is 2.79. The van der Waals surface area contributed by atoms with Gasteiger partial charge in [-0.25, -0.2) is 0 Å². The summed E-state index contributed by atoms with van der Waals surface area (Å²) in [7, 11) is 0. The van der Waals surface area contributed by atoms with E-state index >= 15 is 0 Å². The molecule has 2 atom stereocenters. The van der Waals surface area contributed by atoms with E-state index in [1.807, 2.05) is 25.7 Å². The molecular weight excluding hydrogens is 276 g/mol. The van der Waals surface area contributed by atoms with Crippen molar-refractivity contribution < 1.29 is 9.59 Å². The zero-order valence-corrected chi connectivity index (χ0v) is 14.6. The summed E-state index contributed by atoms with van der Waals surface area (Å²) in [5, 5.41) is 0. The Morgan fingerprint density at radius 2 is 1.86 bits per heavy atom. The number of hydrogen-bond donors (Lipinski definition) is 1. The SMILES string of the molecule is CC(=O)c1c(C)[nH]c(C(=O)N2CC[C@@H](C)[C@@H](C)C2)c1C(C)C. The van der Waals surface area contributed by atoms with Crippen LogP contribution in [0.5, 0.6) is 0 Å². The first-order chi connectivity index (χ1) is 10.2. The topological polar surface area (TPSA) is 53.2 Å². The number of rotatable bonds is 3. The Labute approximate surface area is 133 Å². The molecule has 1 aromatic rings. The van der Waals surface area contributed by atoms with Gasteiger partial charge in [-0.15, -0.1) is 0 Å². The number of carbonyl (C=O) groups is 2. The summed E-state index contributed by atoms with van der Waals surface area (Å²) in [5.41, 5.74) is 2.98. The van der Waals surface area contributed by atoms with Gasteiger partial charge in [-0.3, -0.25) is 9.59 Å². The highest BCUT2D eigenvalue weighted by Crippen LogP contribution is 2.30. The van der Waals surface area contributed by atoms with Crippen molar-refractivity contribution in [3.05, 3.63) is 22.5 Å². The van der Waals surface area contributed by atoms with Crippen LogP contribution in [0.4, 0.5) is 0 Å². The molecule has 1 aliphatic heterocycles. The first-order valence-corrected chi connectivity index (χ1v) is 8.26. The predicted molar refractivity (Wildman–Crippen MR) is 88.5 cm³/mol. The van der Waals surface area contributed by atoms with Gasteiger partial charge >= 0.3 is 0 Å². The molecule has 1 fully saturated rings. The number of Topliss-reactive ketones (excluding diaryl/α,β-unsaturated/α-hetero) is 1. The minimum Gasteiger partial charge on any atom is -0.354 e. The van der Waals surface area contributed by atoms with Crippen LogP contribution in [0.1, 0.15) is 79.1 Å². The molecule has 4 nitrogen and oxygen atoms in total. The van der Waals surface area contributed by atoms with E-state index in [1.54, 1.807) is 6.92 Å². The summed E-state index contributed by atoms with van der Waals surface area (Å²) in [4.78, 5) is 30.0. The number of ketones is 1. The van der Waals surface area contributed by atoms with Crippen molar-refractivity contribution in [3.8, 4) is 0 Å². The molecule has 1 amide bonds. The monoisotopic (exact) mass is 304 g/mol. The number of carbonyl (C=O) groups excluding carboxylic acids is 2. The normalized spacial score (nSPS) is 22.2. The third-order valence-corrected chi connectivity index (χ3v) is 4.99. The van der Waals surface area contributed by atoms with Crippen molar-refractivity contribution in [3.63, 3.8) is 0 Å². The molecule has 0 aromatic carbocycles. The Hall–Kier alpha value is -1.58. The van der Waals surface area contributed by atoms with Gasteiger partial charge in [0.15, 0.2) is 5.78 Å². The van der Waals surface area contributed by atoms with Gasteiger partial charge < -0.3 is 9.88 Å². The maximum Gasteiger partial charge on any atom is 0.270 e. The second-order valence-electron chi connectivity index (χ2n) is 7.12. The lowest BCUT2D eigenvalue weighted by Crippen LogP contribution is -2.42. The van der Waals surface area contributed by atoms with E-state index < -0.39 is 0 Å². The van der Waals surface area contributed by atoms with Crippen LogP contribution in [0.25, 0.3) is 0 Å². The largest absolute Gasteiger partial charge is 0.354 e. The molecule has 1 aliphatic rings. The van der Waals surface area contributed by atoms with Gasteiger partial charge in [0.25, 0.3) is 5.91 Å². The minimum absolute atomic E-state index is 0.0251. The van der Waals surface area contributed by atoms with Crippen molar-refractivity contribution in [2.45, 2.75) is 53.9 Å². The molecule has 0 bridgehead atoms. The number of aromatic nitrogens is 1. The van der Waals surface area contributed by atoms with Crippen LogP contribution in [0.2, 0.25) is 0 Å². The quantitative estimate of drug-likeness (QED) is 0.864. The molecule has 1 aromatic heterocycles. The van der Waals surface area contributed by atoms with Gasteiger partial charge in [-0.05, 0) is 43.6 Å². The summed E-state index contributed by atoms with van der Waals surface area (Å²) in [6.07, 6.45) is 1.04. The Balaban J connectivity index is 2.38. The van der Waals surface area contributed by atoms with Crippen LogP contribution in [-0.4, -0.2) is 34.7 Å². The van der Waals surface area contributed by atoms with Gasteiger partial charge in [-0.1, -0.05) is 27.7 Å². The molecule has 1 N–H and O–H groups in total. The average molecular weight is 304 g/mol. The van der Waals surface area contributed by atoms with E-state index in [2.05, 4.69) is 18.8 Å². The lowest BCUT2D eigenvalue weighted by molar-refractivity contribution is 0.0620. The highest BCUT2D eigenvalue weighted by Gasteiger charge is 2.31. The fourth-order valence-electron chi connectivity index (χ4n) is 3.45. The van der Waals surface area contributed by atoms with Gasteiger partial charge in [0.1, 0.15) is 5.69 Å². The molecule has 22 heavy (non-hydrogen) atoms. The third-order valence-electron chi connectivity index (χ3n) is 4.99. The zero-order valence-electron chi connectivity index (χ0n) is 14.6. The predicted octanol–water partition coefficient (Wildman–Crippen LogP) is 3.77. The number of likely N-dealkylation sites (tertiary alicyclic amines) is 1. The van der Waals surface area contributed by atoms with Crippen LogP contribution in [0.3, 0.4) is 0 Å². The fraction of sp³-hybridized carbons (Fsp3) is 0.667. The number of H-pyrrole nitrogens is 1. The maximum absolute atomic E-state index is 12.9. The van der Waals surface area contributed by atoms with Crippen LogP contribution in [0.15, 0.2) is 0 Å². The summed E-state index contributed by atoms with van der Waals surface area (Å²) in [5.74, 6) is 1.38. The van der Waals surface area contributed by atoms with E-state index in [0.717, 1.165) is 30.8 Å². The molecule has 0 unspecified atom stereocenters. The maximum atomic E-state index is 12.9. The van der Waals surface area contributed by atoms with Crippen molar-refractivity contribution in [1.82, 2.24) is 9.88 Å². The Kier molecular flexibility index (Phi) is 4.78. The Bertz CT molecular complexity index is 586. The first kappa shape index (κ1) is 16.8. The van der Waals surface area contributed by atoms with Crippen molar-refractivity contribution in [1.29, 1.82) is 0 Å². The van der Waals surface area contributed by atoms with E-state index in [9.17, 15) is 9.59 Å². The molecule has 0 radical (unpaired) electrons. The fourth-order valence-corrected chi connectivity index (χ4v) is 3.45. The Morgan fingerprint density at radius 1 is 1.23 bits per heavy atom. The van der Waals surface area contributed by atoms with Crippen LogP contribution < -0.4 is 0 Å². The van der Waals surface area contributed by atoms with Crippen LogP contribution in [-0.2, 0) is 0 Å². The second kappa shape index (κ2) is 6.27. The minimum atomic E-state index is 0.0251. The summed E-state index contributed by atoms with van der Waals surface area (Å²) in [6.45, 7) is 13.6. The highest BCUT2D eigenvalue weighted by molar-refractivity contribution is 6.03. The van der Waals surface area contributed by atoms with Gasteiger partial charge in [0.2, 0.25) is 0 Å². The molecule has 2 heterocycles. The summed E-state index contributed by atoms with van der Waals surface area (Å²) >= 11 is 0. The number of aromatic amines is 1. The summed E-state index contributed by atoms with van der Waals surface area (Å²) < 4.78 is 0. The van der Waals surface area contributed by atoms with E-state index in [0.29, 0.717) is 23.1 Å². The lowest BCUT2D eigenvalue weighted by atomic mass is 9.88. The number of nitrogens with zero attached hydrogens (tertiary/aromatic N) is 1. The Morgan fingerprint density at radius 3 is 2.36 bits per heavy atom. The van der Waals surface area contributed by atoms with Crippen LogP contribution in [0, 0.1) is 18.8 Å². The number of piperidine rings is 1. The molecule has 1 saturated heterocycles. The van der Waals surface area contributed by atoms with Gasteiger partial charge in [0.05, 0.1) is 0 Å². The highest BCUT2D eigenvalue weighted by atomic mass is 16.2. The first-order valence-electron chi connectivity index (χ1n) is 8.26. The van der Waals surface area contributed by atoms with E-state index in [1.165, 1.54) is 0 Å². The lowest BCUT2D eigenvalue weighted by Gasteiger charge is -2.35. The number of aryl methyl sites for hydroxylation is 1. The van der Waals surface area contributed by atoms with Crippen molar-refractivity contribution in [2.24, 2.45) is 11.8 Å². The number of nitrogens with one attached hydrogen (secondary N) is 1. The smallest absolute Gasteiger partial charge is 0.270 e.